The van der Waals surface area contributed by atoms with Gasteiger partial charge in [0.25, 0.3) is 5.89 Å². The van der Waals surface area contributed by atoms with Gasteiger partial charge < -0.3 is 18.7 Å². The van der Waals surface area contributed by atoms with Crippen molar-refractivity contribution in [3.05, 3.63) is 41.8 Å². The van der Waals surface area contributed by atoms with Crippen LogP contribution in [0.1, 0.15) is 115 Å². The average Bonchev–Trinajstić information content (AvgIpc) is 3.49. The van der Waals surface area contributed by atoms with Gasteiger partial charge >= 0.3 is 0 Å². The van der Waals surface area contributed by atoms with Crippen LogP contribution in [0, 0.1) is 11.3 Å². The molecule has 3 heterocycles. The predicted octanol–water partition coefficient (Wildman–Crippen LogP) is 6.74. The number of hydrogen-bond acceptors (Lipinski definition) is 8. The molecule has 5 aliphatic rings. The van der Waals surface area contributed by atoms with Crippen LogP contribution in [0.5, 0.6) is 0 Å². The second-order valence-electron chi connectivity index (χ2n) is 14.5. The van der Waals surface area contributed by atoms with E-state index in [9.17, 15) is 4.79 Å². The Morgan fingerprint density at radius 3 is 2.36 bits per heavy atom. The molecule has 224 valence electrons. The van der Waals surface area contributed by atoms with Crippen molar-refractivity contribution in [1.82, 2.24) is 20.3 Å². The molecule has 0 radical (unpaired) electrons. The summed E-state index contributed by atoms with van der Waals surface area (Å²) in [4.78, 5) is 25.7. The molecule has 9 nitrogen and oxygen atoms in total. The van der Waals surface area contributed by atoms with E-state index in [0.717, 1.165) is 113 Å². The van der Waals surface area contributed by atoms with Crippen LogP contribution in [0.3, 0.4) is 0 Å². The molecule has 0 spiro atoms. The Hall–Kier alpha value is -3.07. The van der Waals surface area contributed by atoms with E-state index in [0.29, 0.717) is 24.1 Å². The van der Waals surface area contributed by atoms with Crippen molar-refractivity contribution in [2.24, 2.45) is 11.3 Å². The lowest BCUT2D eigenvalue weighted by molar-refractivity contribution is -0.121. The molecule has 4 saturated carbocycles. The van der Waals surface area contributed by atoms with Gasteiger partial charge in [0.15, 0.2) is 11.6 Å². The number of aromatic nitrogens is 4. The normalized spacial score (nSPS) is 26.5. The molecule has 1 saturated heterocycles. The van der Waals surface area contributed by atoms with Crippen LogP contribution in [0.15, 0.2) is 33.3 Å². The minimum atomic E-state index is -0.133. The van der Waals surface area contributed by atoms with Gasteiger partial charge in [-0.2, -0.15) is 9.97 Å². The number of ether oxygens (including phenoxy) is 1. The van der Waals surface area contributed by atoms with Gasteiger partial charge in [-0.3, -0.25) is 4.79 Å². The lowest BCUT2D eigenvalue weighted by Gasteiger charge is -2.53. The highest BCUT2D eigenvalue weighted by molar-refractivity contribution is 5.94. The fourth-order valence-corrected chi connectivity index (χ4v) is 7.20. The van der Waals surface area contributed by atoms with Crippen molar-refractivity contribution in [2.75, 3.05) is 24.7 Å². The smallest absolute Gasteiger partial charge is 0.258 e. The number of rotatable bonds is 8. The van der Waals surface area contributed by atoms with E-state index in [-0.39, 0.29) is 22.2 Å². The van der Waals surface area contributed by atoms with Crippen molar-refractivity contribution in [3.8, 4) is 11.5 Å². The number of benzene rings is 1. The van der Waals surface area contributed by atoms with Crippen LogP contribution in [0.25, 0.3) is 11.5 Å². The zero-order chi connectivity index (χ0) is 29.0. The number of carbonyl (C=O) groups excluding carboxylic acids is 1. The maximum atomic E-state index is 14.1. The van der Waals surface area contributed by atoms with Crippen molar-refractivity contribution in [3.63, 3.8) is 0 Å². The first-order valence-corrected chi connectivity index (χ1v) is 15.9. The molecular formula is C33H43N5O4. The van der Waals surface area contributed by atoms with E-state index < -0.39 is 0 Å². The largest absolute Gasteiger partial charge is 0.381 e. The maximum Gasteiger partial charge on any atom is 0.258 e. The van der Waals surface area contributed by atoms with Crippen LogP contribution in [0.4, 0.5) is 5.69 Å². The van der Waals surface area contributed by atoms with Crippen LogP contribution < -0.4 is 4.90 Å². The van der Waals surface area contributed by atoms with Gasteiger partial charge in [0.1, 0.15) is 0 Å². The van der Waals surface area contributed by atoms with Crippen molar-refractivity contribution >= 4 is 11.6 Å². The summed E-state index contributed by atoms with van der Waals surface area (Å²) >= 11 is 0. The minimum Gasteiger partial charge on any atom is -0.381 e. The molecule has 1 aliphatic heterocycles. The Kier molecular flexibility index (Phi) is 6.99. The quantitative estimate of drug-likeness (QED) is 0.292. The summed E-state index contributed by atoms with van der Waals surface area (Å²) < 4.78 is 17.1. The number of fused-ring (bicyclic) bond motifs is 3. The first-order valence-electron chi connectivity index (χ1n) is 15.9. The average molecular weight is 574 g/mol. The van der Waals surface area contributed by atoms with Crippen molar-refractivity contribution in [2.45, 2.75) is 108 Å². The lowest BCUT2D eigenvalue weighted by Crippen LogP contribution is -2.51. The topological polar surface area (TPSA) is 107 Å². The molecule has 8 rings (SSSR count). The van der Waals surface area contributed by atoms with Gasteiger partial charge in [-0.05, 0) is 93.7 Å². The van der Waals surface area contributed by atoms with Crippen molar-refractivity contribution < 1.29 is 18.6 Å². The van der Waals surface area contributed by atoms with E-state index in [1.54, 1.807) is 0 Å². The number of anilines is 1. The molecule has 0 unspecified atom stereocenters. The van der Waals surface area contributed by atoms with Gasteiger partial charge in [-0.1, -0.05) is 37.2 Å². The van der Waals surface area contributed by atoms with Gasteiger partial charge in [-0.15, -0.1) is 0 Å². The third kappa shape index (κ3) is 5.40. The molecule has 5 fully saturated rings. The molecule has 2 bridgehead atoms. The lowest BCUT2D eigenvalue weighted by atomic mass is 9.53. The number of carbonyl (C=O) groups is 1. The van der Waals surface area contributed by atoms with Crippen LogP contribution in [-0.2, 0) is 20.4 Å². The minimum absolute atomic E-state index is 0.0354. The van der Waals surface area contributed by atoms with Gasteiger partial charge in [0.2, 0.25) is 11.8 Å². The number of amides is 1. The summed E-state index contributed by atoms with van der Waals surface area (Å²) in [5.41, 5.74) is 1.70. The molecule has 2 aromatic heterocycles. The highest BCUT2D eigenvalue weighted by Gasteiger charge is 2.53. The van der Waals surface area contributed by atoms with Gasteiger partial charge in [0, 0.05) is 54.2 Å². The second-order valence-corrected chi connectivity index (χ2v) is 14.5. The summed E-state index contributed by atoms with van der Waals surface area (Å²) in [6.07, 6.45) is 10.9. The molecular weight excluding hydrogens is 530 g/mol. The number of hydrogen-bond donors (Lipinski definition) is 0. The third-order valence-electron chi connectivity index (χ3n) is 10.3. The van der Waals surface area contributed by atoms with Crippen LogP contribution in [-0.4, -0.2) is 45.9 Å². The molecule has 4 aliphatic carbocycles. The van der Waals surface area contributed by atoms with E-state index >= 15 is 0 Å². The van der Waals surface area contributed by atoms with E-state index in [4.69, 9.17) is 18.8 Å². The maximum absolute atomic E-state index is 14.1. The highest BCUT2D eigenvalue weighted by Crippen LogP contribution is 2.58. The molecule has 9 heteroatoms. The Bertz CT molecular complexity index is 1400. The summed E-state index contributed by atoms with van der Waals surface area (Å²) in [5, 5.41) is 8.55. The van der Waals surface area contributed by atoms with Gasteiger partial charge in [0.05, 0.1) is 0 Å². The Morgan fingerprint density at radius 1 is 0.952 bits per heavy atom. The van der Waals surface area contributed by atoms with Crippen LogP contribution in [0.2, 0.25) is 0 Å². The monoisotopic (exact) mass is 573 g/mol. The summed E-state index contributed by atoms with van der Waals surface area (Å²) in [5.74, 6) is 3.92. The first kappa shape index (κ1) is 27.7. The SMILES string of the molecule is CC(C)(C)c1noc(C23CCC(CN(C(=O)CC4CCOCC4)c4cccc(-c5nc(C6CC6)no5)c4)(CC2)CC3)n1. The van der Waals surface area contributed by atoms with E-state index in [1.165, 1.54) is 0 Å². The fourth-order valence-electron chi connectivity index (χ4n) is 7.20. The molecule has 1 aromatic carbocycles. The zero-order valence-electron chi connectivity index (χ0n) is 25.2. The van der Waals surface area contributed by atoms with Gasteiger partial charge in [-0.25, -0.2) is 0 Å². The van der Waals surface area contributed by atoms with E-state index in [1.807, 2.05) is 12.1 Å². The second kappa shape index (κ2) is 10.6. The fraction of sp³-hybridized carbons (Fsp3) is 0.667. The predicted molar refractivity (Wildman–Crippen MR) is 157 cm³/mol. The molecule has 0 atom stereocenters. The summed E-state index contributed by atoms with van der Waals surface area (Å²) in [6.45, 7) is 8.58. The Labute approximate surface area is 247 Å². The summed E-state index contributed by atoms with van der Waals surface area (Å²) in [6, 6.07) is 8.12. The zero-order valence-corrected chi connectivity index (χ0v) is 25.2. The van der Waals surface area contributed by atoms with Crippen molar-refractivity contribution in [1.29, 1.82) is 0 Å². The summed E-state index contributed by atoms with van der Waals surface area (Å²) in [7, 11) is 0. The third-order valence-corrected chi connectivity index (χ3v) is 10.3. The molecule has 3 aromatic rings. The molecule has 0 N–H and O–H groups in total. The standard InChI is InChI=1S/C33H43N5O4/c1-31(2,3)29-35-30(42-37-29)33-14-11-32(12-15-33,13-16-33)21-38(26(39)19-22-9-17-40-18-10-22)25-6-4-5-24(20-25)28-34-27(36-41-28)23-7-8-23/h4-6,20,22-23H,7-19,21H2,1-3H3. The molecule has 1 amide bonds. The number of nitrogens with zero attached hydrogens (tertiary/aromatic N) is 5. The highest BCUT2D eigenvalue weighted by atomic mass is 16.5. The Balaban J connectivity index is 1.13. The Morgan fingerprint density at radius 2 is 1.69 bits per heavy atom. The molecule has 42 heavy (non-hydrogen) atoms. The first-order chi connectivity index (χ1) is 20.2. The van der Waals surface area contributed by atoms with Crippen LogP contribution >= 0.6 is 0 Å². The van der Waals surface area contributed by atoms with E-state index in [2.05, 4.69) is 53.1 Å².